The largest absolute Gasteiger partial charge is 0.353 e. The van der Waals surface area contributed by atoms with Crippen LogP contribution in [0.1, 0.15) is 50.5 Å². The Labute approximate surface area is 163 Å². The minimum absolute atomic E-state index is 0.205. The minimum atomic E-state index is 0.205. The van der Waals surface area contributed by atoms with E-state index in [0.717, 1.165) is 51.7 Å². The van der Waals surface area contributed by atoms with Crippen LogP contribution < -0.4 is 11.1 Å². The number of benzene rings is 1. The fourth-order valence-electron chi connectivity index (χ4n) is 5.56. The maximum atomic E-state index is 12.8. The van der Waals surface area contributed by atoms with Gasteiger partial charge in [-0.1, -0.05) is 36.8 Å². The van der Waals surface area contributed by atoms with E-state index in [1.165, 1.54) is 24.8 Å². The summed E-state index contributed by atoms with van der Waals surface area (Å²) >= 11 is 0. The molecule has 3 aliphatic rings. The highest BCUT2D eigenvalue weighted by Gasteiger charge is 2.40. The first-order valence-corrected chi connectivity index (χ1v) is 11.0. The molecule has 0 spiro atoms. The second-order valence-corrected chi connectivity index (χ2v) is 9.06. The molecule has 1 aromatic rings. The van der Waals surface area contributed by atoms with Crippen LogP contribution in [-0.4, -0.2) is 42.5 Å². The number of piperidine rings is 1. The van der Waals surface area contributed by atoms with Crippen LogP contribution in [0.2, 0.25) is 0 Å². The number of nitrogens with two attached hydrogens (primary N) is 1. The number of amides is 1. The first-order valence-electron chi connectivity index (χ1n) is 11.0. The molecule has 1 heterocycles. The SMILES string of the molecule is NC1C2CCCC1CC(C(=O)NC1CCN(CCc3ccccc3)CC1)C2. The van der Waals surface area contributed by atoms with Gasteiger partial charge in [-0.25, -0.2) is 0 Å². The monoisotopic (exact) mass is 369 g/mol. The summed E-state index contributed by atoms with van der Waals surface area (Å²) in [7, 11) is 0. The number of nitrogens with zero attached hydrogens (tertiary/aromatic N) is 1. The summed E-state index contributed by atoms with van der Waals surface area (Å²) < 4.78 is 0. The molecule has 3 fully saturated rings. The van der Waals surface area contributed by atoms with Gasteiger partial charge in [-0.15, -0.1) is 0 Å². The topological polar surface area (TPSA) is 58.4 Å². The van der Waals surface area contributed by atoms with E-state index < -0.39 is 0 Å². The number of hydrogen-bond acceptors (Lipinski definition) is 3. The molecule has 148 valence electrons. The molecule has 2 saturated carbocycles. The van der Waals surface area contributed by atoms with Crippen molar-refractivity contribution in [3.8, 4) is 0 Å². The lowest BCUT2D eigenvalue weighted by atomic mass is 9.65. The fraction of sp³-hybridized carbons (Fsp3) is 0.696. The highest BCUT2D eigenvalue weighted by Crippen LogP contribution is 2.42. The fourth-order valence-corrected chi connectivity index (χ4v) is 5.56. The Hall–Kier alpha value is -1.39. The number of nitrogens with one attached hydrogen (secondary N) is 1. The third-order valence-electron chi connectivity index (χ3n) is 7.28. The van der Waals surface area contributed by atoms with Gasteiger partial charge in [-0.05, 0) is 62.3 Å². The van der Waals surface area contributed by atoms with Gasteiger partial charge >= 0.3 is 0 Å². The molecule has 27 heavy (non-hydrogen) atoms. The molecule has 2 aliphatic carbocycles. The highest BCUT2D eigenvalue weighted by atomic mass is 16.1. The van der Waals surface area contributed by atoms with Gasteiger partial charge in [0.2, 0.25) is 5.91 Å². The number of carbonyl (C=O) groups is 1. The van der Waals surface area contributed by atoms with E-state index in [0.29, 0.717) is 29.8 Å². The van der Waals surface area contributed by atoms with Gasteiger partial charge in [0.1, 0.15) is 0 Å². The van der Waals surface area contributed by atoms with E-state index in [4.69, 9.17) is 5.73 Å². The first kappa shape index (κ1) is 18.9. The van der Waals surface area contributed by atoms with Crippen molar-refractivity contribution in [3.63, 3.8) is 0 Å². The van der Waals surface area contributed by atoms with Crippen LogP contribution in [0, 0.1) is 17.8 Å². The Morgan fingerprint density at radius 3 is 2.37 bits per heavy atom. The van der Waals surface area contributed by atoms with E-state index in [1.807, 2.05) is 0 Å². The predicted octanol–water partition coefficient (Wildman–Crippen LogP) is 2.96. The lowest BCUT2D eigenvalue weighted by molar-refractivity contribution is -0.129. The molecule has 2 bridgehead atoms. The molecule has 1 saturated heterocycles. The number of fused-ring (bicyclic) bond motifs is 2. The van der Waals surface area contributed by atoms with Crippen molar-refractivity contribution in [2.45, 2.75) is 63.5 Å². The van der Waals surface area contributed by atoms with Crippen molar-refractivity contribution < 1.29 is 4.79 Å². The summed E-state index contributed by atoms with van der Waals surface area (Å²) in [6, 6.07) is 11.4. The zero-order valence-corrected chi connectivity index (χ0v) is 16.5. The van der Waals surface area contributed by atoms with Crippen molar-refractivity contribution in [1.82, 2.24) is 10.2 Å². The van der Waals surface area contributed by atoms with Gasteiger partial charge in [0.15, 0.2) is 0 Å². The predicted molar refractivity (Wildman–Crippen MR) is 109 cm³/mol. The Bertz CT molecular complexity index is 597. The van der Waals surface area contributed by atoms with Gasteiger partial charge in [-0.3, -0.25) is 4.79 Å². The Morgan fingerprint density at radius 1 is 1.04 bits per heavy atom. The molecule has 4 rings (SSSR count). The molecular weight excluding hydrogens is 334 g/mol. The minimum Gasteiger partial charge on any atom is -0.353 e. The van der Waals surface area contributed by atoms with E-state index in [1.54, 1.807) is 0 Å². The normalized spacial score (nSPS) is 32.2. The summed E-state index contributed by atoms with van der Waals surface area (Å²) in [6.45, 7) is 3.31. The van der Waals surface area contributed by atoms with E-state index in [9.17, 15) is 4.79 Å². The van der Waals surface area contributed by atoms with Crippen LogP contribution in [0.5, 0.6) is 0 Å². The molecule has 4 heteroatoms. The molecule has 0 aromatic heterocycles. The molecular formula is C23H35N3O. The second-order valence-electron chi connectivity index (χ2n) is 9.06. The first-order chi connectivity index (χ1) is 13.2. The number of hydrogen-bond donors (Lipinski definition) is 2. The lowest BCUT2D eigenvalue weighted by Crippen LogP contribution is -2.51. The standard InChI is InChI=1S/C23H35N3O/c24-22-18-7-4-8-19(22)16-20(15-18)23(27)25-21-10-13-26(14-11-21)12-9-17-5-2-1-3-6-17/h1-3,5-6,18-22H,4,7-16,24H2,(H,25,27). The van der Waals surface area contributed by atoms with Crippen molar-refractivity contribution >= 4 is 5.91 Å². The van der Waals surface area contributed by atoms with Crippen LogP contribution in [0.15, 0.2) is 30.3 Å². The van der Waals surface area contributed by atoms with Crippen LogP contribution in [0.3, 0.4) is 0 Å². The van der Waals surface area contributed by atoms with E-state index in [-0.39, 0.29) is 5.92 Å². The Morgan fingerprint density at radius 2 is 1.70 bits per heavy atom. The van der Waals surface area contributed by atoms with Crippen molar-refractivity contribution in [2.75, 3.05) is 19.6 Å². The third-order valence-corrected chi connectivity index (χ3v) is 7.28. The second kappa shape index (κ2) is 8.74. The zero-order valence-electron chi connectivity index (χ0n) is 16.5. The van der Waals surface area contributed by atoms with Crippen molar-refractivity contribution in [1.29, 1.82) is 0 Å². The summed E-state index contributed by atoms with van der Waals surface area (Å²) in [4.78, 5) is 15.4. The molecule has 2 atom stereocenters. The molecule has 2 unspecified atom stereocenters. The average Bonchev–Trinajstić information content (AvgIpc) is 2.68. The van der Waals surface area contributed by atoms with Crippen LogP contribution in [0.4, 0.5) is 0 Å². The molecule has 3 N–H and O–H groups in total. The highest BCUT2D eigenvalue weighted by molar-refractivity contribution is 5.79. The van der Waals surface area contributed by atoms with E-state index in [2.05, 4.69) is 40.5 Å². The van der Waals surface area contributed by atoms with Crippen molar-refractivity contribution in [3.05, 3.63) is 35.9 Å². The van der Waals surface area contributed by atoms with Crippen LogP contribution in [-0.2, 0) is 11.2 Å². The Balaban J connectivity index is 1.19. The molecule has 1 amide bonds. The summed E-state index contributed by atoms with van der Waals surface area (Å²) in [6.07, 6.45) is 9.06. The smallest absolute Gasteiger partial charge is 0.223 e. The number of carbonyl (C=O) groups excluding carboxylic acids is 1. The van der Waals surface area contributed by atoms with Gasteiger partial charge in [0.05, 0.1) is 0 Å². The zero-order chi connectivity index (χ0) is 18.6. The summed E-state index contributed by atoms with van der Waals surface area (Å²) in [5, 5.41) is 3.38. The molecule has 1 aromatic carbocycles. The Kier molecular flexibility index (Phi) is 6.14. The van der Waals surface area contributed by atoms with Gasteiger partial charge < -0.3 is 16.0 Å². The van der Waals surface area contributed by atoms with Gasteiger partial charge in [0.25, 0.3) is 0 Å². The lowest BCUT2D eigenvalue weighted by Gasteiger charge is -2.44. The number of rotatable bonds is 5. The maximum absolute atomic E-state index is 12.8. The molecule has 4 nitrogen and oxygen atoms in total. The quantitative estimate of drug-likeness (QED) is 0.839. The third kappa shape index (κ3) is 4.72. The summed E-state index contributed by atoms with van der Waals surface area (Å²) in [5.74, 6) is 1.67. The van der Waals surface area contributed by atoms with Crippen LogP contribution >= 0.6 is 0 Å². The van der Waals surface area contributed by atoms with Gasteiger partial charge in [0, 0.05) is 37.6 Å². The molecule has 1 aliphatic heterocycles. The van der Waals surface area contributed by atoms with Crippen molar-refractivity contribution in [2.24, 2.45) is 23.5 Å². The molecule has 0 radical (unpaired) electrons. The van der Waals surface area contributed by atoms with Crippen LogP contribution in [0.25, 0.3) is 0 Å². The average molecular weight is 370 g/mol. The van der Waals surface area contributed by atoms with E-state index >= 15 is 0 Å². The van der Waals surface area contributed by atoms with Gasteiger partial charge in [-0.2, -0.15) is 0 Å². The summed E-state index contributed by atoms with van der Waals surface area (Å²) in [5.41, 5.74) is 7.79. The maximum Gasteiger partial charge on any atom is 0.223 e. The number of likely N-dealkylation sites (tertiary alicyclic amines) is 1.